The number of fused-ring (bicyclic) bond motifs is 1. The maximum Gasteiger partial charge on any atom is 0.338 e. The highest BCUT2D eigenvalue weighted by molar-refractivity contribution is 7.99. The van der Waals surface area contributed by atoms with Crippen LogP contribution < -0.4 is 9.54 Å². The third-order valence-electron chi connectivity index (χ3n) is 4.79. The van der Waals surface area contributed by atoms with E-state index in [0.717, 1.165) is 21.1 Å². The Morgan fingerprint density at radius 2 is 1.85 bits per heavy atom. The van der Waals surface area contributed by atoms with Gasteiger partial charge in [0.15, 0.2) is 4.80 Å². The van der Waals surface area contributed by atoms with Crippen LogP contribution in [0, 0.1) is 0 Å². The third-order valence-corrected chi connectivity index (χ3v) is 6.93. The first-order valence-electron chi connectivity index (χ1n) is 10.7. The topological polar surface area (TPSA) is 96.2 Å². The number of methoxy groups -OCH3 is 2. The van der Waals surface area contributed by atoms with Crippen molar-refractivity contribution in [2.45, 2.75) is 31.2 Å². The van der Waals surface area contributed by atoms with E-state index in [1.807, 2.05) is 24.3 Å². The van der Waals surface area contributed by atoms with Crippen LogP contribution in [0.4, 0.5) is 0 Å². The molecule has 0 atom stereocenters. The average molecular weight is 503 g/mol. The third kappa shape index (κ3) is 6.71. The van der Waals surface area contributed by atoms with Crippen molar-refractivity contribution < 1.29 is 28.6 Å². The van der Waals surface area contributed by atoms with E-state index in [2.05, 4.69) is 4.99 Å². The number of esters is 2. The molecule has 0 N–H and O–H groups in total. The first-order chi connectivity index (χ1) is 16.4. The fraction of sp³-hybridized carbons (Fsp3) is 0.333. The SMILES string of the molecule is CCOC(=O)c1ccc2c(c1)sc(=NC(=O)CCCSc1ccc(OC)cc1)n2CC(=O)OC. The van der Waals surface area contributed by atoms with E-state index in [-0.39, 0.29) is 25.5 Å². The minimum atomic E-state index is -0.459. The molecule has 0 unspecified atom stereocenters. The Kier molecular flexibility index (Phi) is 9.29. The van der Waals surface area contributed by atoms with Gasteiger partial charge in [0.1, 0.15) is 12.3 Å². The highest BCUT2D eigenvalue weighted by Crippen LogP contribution is 2.23. The quantitative estimate of drug-likeness (QED) is 0.234. The number of thioether (sulfide) groups is 1. The smallest absolute Gasteiger partial charge is 0.338 e. The number of hydrogen-bond acceptors (Lipinski definition) is 8. The summed E-state index contributed by atoms with van der Waals surface area (Å²) in [7, 11) is 2.93. The second-order valence-corrected chi connectivity index (χ2v) is 9.26. The standard InChI is InChI=1S/C24H26N2O6S2/c1-4-32-23(29)16-7-12-19-20(14-16)34-24(26(19)15-22(28)31-3)25-21(27)6-5-13-33-18-10-8-17(30-2)9-11-18/h7-12,14H,4-6,13,15H2,1-3H3. The second kappa shape index (κ2) is 12.4. The molecule has 0 aliphatic heterocycles. The molecule has 0 bridgehead atoms. The van der Waals surface area contributed by atoms with Gasteiger partial charge in [-0.3, -0.25) is 9.59 Å². The molecule has 180 valence electrons. The zero-order valence-electron chi connectivity index (χ0n) is 19.2. The number of amides is 1. The fourth-order valence-corrected chi connectivity index (χ4v) is 5.03. The molecule has 0 aliphatic rings. The fourth-order valence-electron chi connectivity index (χ4n) is 3.09. The van der Waals surface area contributed by atoms with Crippen molar-refractivity contribution in [1.82, 2.24) is 4.57 Å². The van der Waals surface area contributed by atoms with E-state index in [9.17, 15) is 14.4 Å². The van der Waals surface area contributed by atoms with Crippen molar-refractivity contribution in [2.75, 3.05) is 26.6 Å². The van der Waals surface area contributed by atoms with Crippen molar-refractivity contribution in [2.24, 2.45) is 4.99 Å². The van der Waals surface area contributed by atoms with Crippen LogP contribution in [0.25, 0.3) is 10.2 Å². The van der Waals surface area contributed by atoms with Crippen molar-refractivity contribution >= 4 is 51.2 Å². The molecule has 3 rings (SSSR count). The highest BCUT2D eigenvalue weighted by atomic mass is 32.2. The number of rotatable bonds is 10. The van der Waals surface area contributed by atoms with Crippen LogP contribution in [-0.2, 0) is 25.6 Å². The predicted molar refractivity (Wildman–Crippen MR) is 131 cm³/mol. The molecular weight excluding hydrogens is 476 g/mol. The van der Waals surface area contributed by atoms with Gasteiger partial charge in [0.25, 0.3) is 0 Å². The first kappa shape index (κ1) is 25.5. The van der Waals surface area contributed by atoms with Gasteiger partial charge in [-0.1, -0.05) is 11.3 Å². The highest BCUT2D eigenvalue weighted by Gasteiger charge is 2.15. The molecule has 34 heavy (non-hydrogen) atoms. The van der Waals surface area contributed by atoms with Crippen LogP contribution in [0.15, 0.2) is 52.4 Å². The van der Waals surface area contributed by atoms with Crippen LogP contribution in [0.1, 0.15) is 30.1 Å². The number of carbonyl (C=O) groups excluding carboxylic acids is 3. The molecule has 10 heteroatoms. The van der Waals surface area contributed by atoms with Crippen molar-refractivity contribution in [1.29, 1.82) is 0 Å². The van der Waals surface area contributed by atoms with E-state index >= 15 is 0 Å². The lowest BCUT2D eigenvalue weighted by Crippen LogP contribution is -2.22. The minimum Gasteiger partial charge on any atom is -0.497 e. The summed E-state index contributed by atoms with van der Waals surface area (Å²) in [6.45, 7) is 1.92. The summed E-state index contributed by atoms with van der Waals surface area (Å²) in [5.41, 5.74) is 1.08. The predicted octanol–water partition coefficient (Wildman–Crippen LogP) is 4.06. The normalized spacial score (nSPS) is 11.4. The number of nitrogens with zero attached hydrogens (tertiary/aromatic N) is 2. The zero-order chi connectivity index (χ0) is 24.5. The summed E-state index contributed by atoms with van der Waals surface area (Å²) in [4.78, 5) is 42.3. The van der Waals surface area contributed by atoms with E-state index in [4.69, 9.17) is 14.2 Å². The number of carbonyl (C=O) groups is 3. The summed E-state index contributed by atoms with van der Waals surface area (Å²) in [5, 5.41) is 0. The number of aromatic nitrogens is 1. The van der Waals surface area contributed by atoms with Gasteiger partial charge in [0.2, 0.25) is 5.91 Å². The number of benzene rings is 2. The molecular formula is C24H26N2O6S2. The first-order valence-corrected chi connectivity index (χ1v) is 12.5. The molecule has 3 aromatic rings. The molecule has 1 heterocycles. The zero-order valence-corrected chi connectivity index (χ0v) is 20.9. The lowest BCUT2D eigenvalue weighted by Gasteiger charge is -2.05. The molecule has 2 aromatic carbocycles. The molecule has 0 aliphatic carbocycles. The number of hydrogen-bond donors (Lipinski definition) is 0. The van der Waals surface area contributed by atoms with Gasteiger partial charge in [-0.25, -0.2) is 4.79 Å². The molecule has 0 spiro atoms. The Bertz CT molecular complexity index is 1230. The molecule has 1 amide bonds. The molecule has 0 saturated heterocycles. The van der Waals surface area contributed by atoms with Gasteiger partial charge < -0.3 is 18.8 Å². The van der Waals surface area contributed by atoms with E-state index < -0.39 is 11.9 Å². The van der Waals surface area contributed by atoms with Crippen LogP contribution in [-0.4, -0.2) is 49.0 Å². The van der Waals surface area contributed by atoms with Gasteiger partial charge in [0.05, 0.1) is 36.6 Å². The van der Waals surface area contributed by atoms with Crippen molar-refractivity contribution in [3.05, 3.63) is 52.8 Å². The molecule has 1 aromatic heterocycles. The maximum absolute atomic E-state index is 12.6. The maximum atomic E-state index is 12.6. The molecule has 0 fully saturated rings. The van der Waals surface area contributed by atoms with Gasteiger partial charge in [-0.05, 0) is 61.6 Å². The van der Waals surface area contributed by atoms with Crippen LogP contribution in [0.3, 0.4) is 0 Å². The lowest BCUT2D eigenvalue weighted by molar-refractivity contribution is -0.141. The minimum absolute atomic E-state index is 0.0886. The Hall–Kier alpha value is -3.11. The lowest BCUT2D eigenvalue weighted by atomic mass is 10.2. The summed E-state index contributed by atoms with van der Waals surface area (Å²) in [5.74, 6) is 0.410. The van der Waals surface area contributed by atoms with Crippen LogP contribution in [0.5, 0.6) is 5.75 Å². The van der Waals surface area contributed by atoms with Crippen molar-refractivity contribution in [3.8, 4) is 5.75 Å². The van der Waals surface area contributed by atoms with E-state index in [1.54, 1.807) is 48.6 Å². The van der Waals surface area contributed by atoms with Gasteiger partial charge in [-0.2, -0.15) is 4.99 Å². The van der Waals surface area contributed by atoms with Gasteiger partial charge >= 0.3 is 11.9 Å². The Labute approximate surface area is 205 Å². The molecule has 8 nitrogen and oxygen atoms in total. The average Bonchev–Trinajstić information content (AvgIpc) is 3.17. The Morgan fingerprint density at radius 3 is 2.53 bits per heavy atom. The summed E-state index contributed by atoms with van der Waals surface area (Å²) >= 11 is 2.89. The summed E-state index contributed by atoms with van der Waals surface area (Å²) in [6, 6.07) is 12.8. The second-order valence-electron chi connectivity index (χ2n) is 7.08. The summed E-state index contributed by atoms with van der Waals surface area (Å²) in [6.07, 6.45) is 0.942. The Balaban J connectivity index is 1.74. The van der Waals surface area contributed by atoms with Crippen molar-refractivity contribution in [3.63, 3.8) is 0 Å². The summed E-state index contributed by atoms with van der Waals surface area (Å²) < 4.78 is 17.4. The monoisotopic (exact) mass is 502 g/mol. The Morgan fingerprint density at radius 1 is 1.09 bits per heavy atom. The molecule has 0 saturated carbocycles. The molecule has 0 radical (unpaired) electrons. The number of thiazole rings is 1. The van der Waals surface area contributed by atoms with Gasteiger partial charge in [-0.15, -0.1) is 11.8 Å². The van der Waals surface area contributed by atoms with Crippen LogP contribution >= 0.6 is 23.1 Å². The van der Waals surface area contributed by atoms with Crippen LogP contribution in [0.2, 0.25) is 0 Å². The largest absolute Gasteiger partial charge is 0.497 e. The van der Waals surface area contributed by atoms with Gasteiger partial charge in [0, 0.05) is 11.3 Å². The number of ether oxygens (including phenoxy) is 3. The van der Waals surface area contributed by atoms with E-state index in [1.165, 1.54) is 18.4 Å². The van der Waals surface area contributed by atoms with E-state index in [0.29, 0.717) is 22.3 Å².